The normalized spacial score (nSPS) is 20.2. The number of carboxylic acids is 1. The fourth-order valence-corrected chi connectivity index (χ4v) is 1.50. The van der Waals surface area contributed by atoms with Crippen LogP contribution in [0.15, 0.2) is 18.2 Å². The first kappa shape index (κ1) is 9.15. The number of hydrogen-bond acceptors (Lipinski definition) is 2. The van der Waals surface area contributed by atoms with Gasteiger partial charge in [0.25, 0.3) is 0 Å². The van der Waals surface area contributed by atoms with Gasteiger partial charge in [-0.25, -0.2) is 9.18 Å². The van der Waals surface area contributed by atoms with Gasteiger partial charge in [0.15, 0.2) is 0 Å². The summed E-state index contributed by atoms with van der Waals surface area (Å²) in [6.07, 6.45) is 0.977. The van der Waals surface area contributed by atoms with E-state index in [1.807, 2.05) is 0 Å². The number of rotatable bonds is 2. The second kappa shape index (κ2) is 3.38. The number of carbonyl (C=O) groups is 1. The third-order valence-electron chi connectivity index (χ3n) is 2.45. The van der Waals surface area contributed by atoms with Crippen molar-refractivity contribution in [1.82, 2.24) is 5.32 Å². The minimum atomic E-state index is -1.22. The summed E-state index contributed by atoms with van der Waals surface area (Å²) >= 11 is 0. The zero-order chi connectivity index (χ0) is 10.1. The molecule has 0 aromatic heterocycles. The van der Waals surface area contributed by atoms with E-state index in [1.165, 1.54) is 12.1 Å². The maximum absolute atomic E-state index is 13.0. The van der Waals surface area contributed by atoms with Gasteiger partial charge in [-0.15, -0.1) is 0 Å². The first-order chi connectivity index (χ1) is 6.68. The summed E-state index contributed by atoms with van der Waals surface area (Å²) < 4.78 is 13.0. The Morgan fingerprint density at radius 3 is 2.79 bits per heavy atom. The van der Waals surface area contributed by atoms with Gasteiger partial charge in [0.2, 0.25) is 0 Å². The second-order valence-electron chi connectivity index (χ2n) is 3.34. The lowest BCUT2D eigenvalue weighted by atomic mass is 9.96. The number of hydrogen-bond donors (Lipinski definition) is 2. The van der Waals surface area contributed by atoms with Crippen LogP contribution in [0.4, 0.5) is 4.39 Å². The molecule has 14 heavy (non-hydrogen) atoms. The topological polar surface area (TPSA) is 49.3 Å². The van der Waals surface area contributed by atoms with E-state index < -0.39 is 11.8 Å². The molecule has 3 nitrogen and oxygen atoms in total. The van der Waals surface area contributed by atoms with Crippen LogP contribution < -0.4 is 5.32 Å². The van der Waals surface area contributed by atoms with Gasteiger partial charge >= 0.3 is 5.97 Å². The van der Waals surface area contributed by atoms with Crippen LogP contribution in [0.5, 0.6) is 0 Å². The van der Waals surface area contributed by atoms with Crippen LogP contribution in [0, 0.1) is 5.82 Å². The van der Waals surface area contributed by atoms with E-state index in [-0.39, 0.29) is 11.6 Å². The molecule has 0 saturated carbocycles. The van der Waals surface area contributed by atoms with E-state index >= 15 is 0 Å². The minimum Gasteiger partial charge on any atom is -0.478 e. The van der Waals surface area contributed by atoms with Gasteiger partial charge in [-0.3, -0.25) is 0 Å². The largest absolute Gasteiger partial charge is 0.478 e. The average molecular weight is 195 g/mol. The molecular formula is C10H10FNO2. The van der Waals surface area contributed by atoms with Crippen molar-refractivity contribution >= 4 is 5.97 Å². The van der Waals surface area contributed by atoms with Gasteiger partial charge in [0, 0.05) is 6.04 Å². The van der Waals surface area contributed by atoms with Crippen LogP contribution >= 0.6 is 0 Å². The quantitative estimate of drug-likeness (QED) is 0.752. The second-order valence-corrected chi connectivity index (χ2v) is 3.34. The van der Waals surface area contributed by atoms with Crippen molar-refractivity contribution in [2.24, 2.45) is 0 Å². The van der Waals surface area contributed by atoms with Gasteiger partial charge in [0.1, 0.15) is 5.82 Å². The average Bonchev–Trinajstić information content (AvgIpc) is 2.04. The highest BCUT2D eigenvalue weighted by molar-refractivity contribution is 5.88. The smallest absolute Gasteiger partial charge is 0.338 e. The van der Waals surface area contributed by atoms with Crippen LogP contribution in [0.1, 0.15) is 28.4 Å². The monoisotopic (exact) mass is 195 g/mol. The molecule has 1 saturated heterocycles. The van der Waals surface area contributed by atoms with Crippen molar-refractivity contribution in [3.05, 3.63) is 35.1 Å². The summed E-state index contributed by atoms with van der Waals surface area (Å²) in [5.41, 5.74) is 0.589. The summed E-state index contributed by atoms with van der Waals surface area (Å²) in [5, 5.41) is 11.8. The summed E-state index contributed by atoms with van der Waals surface area (Å²) in [7, 11) is 0. The molecule has 0 bridgehead atoms. The van der Waals surface area contributed by atoms with E-state index in [0.29, 0.717) is 0 Å². The SMILES string of the molecule is O=C(O)c1cc([C@@H]2CCN2)ccc1F. The molecule has 0 spiro atoms. The molecule has 74 valence electrons. The molecule has 1 aromatic carbocycles. The summed E-state index contributed by atoms with van der Waals surface area (Å²) in [6.45, 7) is 0.935. The fourth-order valence-electron chi connectivity index (χ4n) is 1.50. The highest BCUT2D eigenvalue weighted by Gasteiger charge is 2.20. The lowest BCUT2D eigenvalue weighted by molar-refractivity contribution is 0.0691. The first-order valence-corrected chi connectivity index (χ1v) is 4.44. The van der Waals surface area contributed by atoms with Crippen LogP contribution in [-0.4, -0.2) is 17.6 Å². The maximum Gasteiger partial charge on any atom is 0.338 e. The molecule has 4 heteroatoms. The molecule has 1 heterocycles. The molecule has 1 aliphatic heterocycles. The molecule has 1 aromatic rings. The Balaban J connectivity index is 2.34. The highest BCUT2D eigenvalue weighted by Crippen LogP contribution is 2.24. The Bertz CT molecular complexity index is 374. The van der Waals surface area contributed by atoms with Gasteiger partial charge in [-0.05, 0) is 30.7 Å². The molecule has 0 amide bonds. The van der Waals surface area contributed by atoms with E-state index in [0.717, 1.165) is 18.5 Å². The molecule has 2 N–H and O–H groups in total. The molecule has 0 aliphatic carbocycles. The van der Waals surface area contributed by atoms with Crippen molar-refractivity contribution in [2.75, 3.05) is 6.54 Å². The Labute approximate surface area is 80.6 Å². The Morgan fingerprint density at radius 2 is 2.29 bits per heavy atom. The third-order valence-corrected chi connectivity index (χ3v) is 2.45. The van der Waals surface area contributed by atoms with Crippen molar-refractivity contribution in [3.63, 3.8) is 0 Å². The molecular weight excluding hydrogens is 185 g/mol. The Hall–Kier alpha value is -1.42. The predicted molar refractivity (Wildman–Crippen MR) is 48.7 cm³/mol. The highest BCUT2D eigenvalue weighted by atomic mass is 19.1. The van der Waals surface area contributed by atoms with Crippen LogP contribution in [0.3, 0.4) is 0 Å². The van der Waals surface area contributed by atoms with Gasteiger partial charge in [0.05, 0.1) is 5.56 Å². The Morgan fingerprint density at radius 1 is 1.57 bits per heavy atom. The number of benzene rings is 1. The van der Waals surface area contributed by atoms with E-state index in [2.05, 4.69) is 5.32 Å². The predicted octanol–water partition coefficient (Wildman–Crippen LogP) is 1.56. The Kier molecular flexibility index (Phi) is 2.21. The van der Waals surface area contributed by atoms with E-state index in [9.17, 15) is 9.18 Å². The van der Waals surface area contributed by atoms with Gasteiger partial charge < -0.3 is 10.4 Å². The van der Waals surface area contributed by atoms with Crippen LogP contribution in [0.2, 0.25) is 0 Å². The van der Waals surface area contributed by atoms with Crippen molar-refractivity contribution in [1.29, 1.82) is 0 Å². The zero-order valence-electron chi connectivity index (χ0n) is 7.46. The molecule has 0 unspecified atom stereocenters. The summed E-state index contributed by atoms with van der Waals surface area (Å²) in [5.74, 6) is -1.90. The number of nitrogens with one attached hydrogen (secondary N) is 1. The molecule has 2 rings (SSSR count). The fraction of sp³-hybridized carbons (Fsp3) is 0.300. The number of aromatic carboxylic acids is 1. The van der Waals surface area contributed by atoms with Crippen molar-refractivity contribution in [2.45, 2.75) is 12.5 Å². The summed E-state index contributed by atoms with van der Waals surface area (Å²) in [4.78, 5) is 10.6. The lowest BCUT2D eigenvalue weighted by Gasteiger charge is -2.28. The lowest BCUT2D eigenvalue weighted by Crippen LogP contribution is -2.35. The van der Waals surface area contributed by atoms with Crippen LogP contribution in [-0.2, 0) is 0 Å². The molecule has 0 radical (unpaired) electrons. The van der Waals surface area contributed by atoms with E-state index in [1.54, 1.807) is 6.07 Å². The number of halogens is 1. The first-order valence-electron chi connectivity index (χ1n) is 4.44. The zero-order valence-corrected chi connectivity index (χ0v) is 7.46. The standard InChI is InChI=1S/C10H10FNO2/c11-8-2-1-6(9-3-4-12-9)5-7(8)10(13)14/h1-2,5,9,12H,3-4H2,(H,13,14)/t9-/m0/s1. The maximum atomic E-state index is 13.0. The number of carboxylic acid groups (broad SMARTS) is 1. The molecule has 1 fully saturated rings. The molecule has 1 atom stereocenters. The van der Waals surface area contributed by atoms with Crippen molar-refractivity contribution < 1.29 is 14.3 Å². The van der Waals surface area contributed by atoms with Gasteiger partial charge in [-0.1, -0.05) is 6.07 Å². The van der Waals surface area contributed by atoms with Crippen LogP contribution in [0.25, 0.3) is 0 Å². The third kappa shape index (κ3) is 1.48. The van der Waals surface area contributed by atoms with E-state index in [4.69, 9.17) is 5.11 Å². The minimum absolute atomic E-state index is 0.189. The van der Waals surface area contributed by atoms with Crippen molar-refractivity contribution in [3.8, 4) is 0 Å². The molecule has 1 aliphatic rings. The summed E-state index contributed by atoms with van der Waals surface area (Å²) in [6, 6.07) is 4.42. The van der Waals surface area contributed by atoms with Gasteiger partial charge in [-0.2, -0.15) is 0 Å².